The van der Waals surface area contributed by atoms with Crippen molar-refractivity contribution in [1.29, 1.82) is 0 Å². The first-order valence-corrected chi connectivity index (χ1v) is 8.77. The molecule has 1 heterocycles. The molecule has 1 saturated heterocycles. The Morgan fingerprint density at radius 1 is 1.38 bits per heavy atom. The predicted octanol–water partition coefficient (Wildman–Crippen LogP) is 3.53. The van der Waals surface area contributed by atoms with Gasteiger partial charge in [0.15, 0.2) is 0 Å². The molecule has 0 radical (unpaired) electrons. The van der Waals surface area contributed by atoms with Crippen LogP contribution in [0.2, 0.25) is 0 Å². The highest BCUT2D eigenvalue weighted by Crippen LogP contribution is 2.35. The minimum Gasteiger partial charge on any atom is -0.462 e. The number of carbonyl (C=O) groups excluding carboxylic acids is 3. The number of rotatable bonds is 7. The number of amides is 2. The van der Waals surface area contributed by atoms with Gasteiger partial charge in [-0.3, -0.25) is 9.59 Å². The lowest BCUT2D eigenvalue weighted by molar-refractivity contribution is -0.141. The summed E-state index contributed by atoms with van der Waals surface area (Å²) in [5, 5.41) is 0. The third kappa shape index (κ3) is 5.21. The molecule has 6 heteroatoms. The van der Waals surface area contributed by atoms with Crippen LogP contribution in [0.15, 0.2) is 0 Å². The van der Waals surface area contributed by atoms with Crippen molar-refractivity contribution in [2.45, 2.75) is 85.0 Å². The van der Waals surface area contributed by atoms with Crippen molar-refractivity contribution in [2.24, 2.45) is 11.8 Å². The fourth-order valence-electron chi connectivity index (χ4n) is 3.05. The summed E-state index contributed by atoms with van der Waals surface area (Å²) in [7, 11) is 0. The summed E-state index contributed by atoms with van der Waals surface area (Å²) in [5.41, 5.74) is -0.692. The topological polar surface area (TPSA) is 72.9 Å². The first-order chi connectivity index (χ1) is 11.1. The Bertz CT molecular complexity index is 455. The molecule has 1 fully saturated rings. The Labute approximate surface area is 144 Å². The number of imide groups is 1. The first-order valence-electron chi connectivity index (χ1n) is 8.77. The van der Waals surface area contributed by atoms with Crippen LogP contribution in [-0.2, 0) is 19.1 Å². The third-order valence-electron chi connectivity index (χ3n) is 4.28. The Hall–Kier alpha value is -1.59. The molecule has 3 atom stereocenters. The molecule has 6 nitrogen and oxygen atoms in total. The molecular weight excluding hydrogens is 310 g/mol. The van der Waals surface area contributed by atoms with E-state index in [0.717, 1.165) is 12.8 Å². The van der Waals surface area contributed by atoms with E-state index in [-0.39, 0.29) is 17.7 Å². The second-order valence-electron chi connectivity index (χ2n) is 7.76. The van der Waals surface area contributed by atoms with Crippen molar-refractivity contribution < 1.29 is 23.9 Å². The molecule has 2 amide bonds. The highest BCUT2D eigenvalue weighted by atomic mass is 16.6. The zero-order valence-electron chi connectivity index (χ0n) is 15.7. The Balaban J connectivity index is 3.08. The number of ether oxygens (including phenoxy) is 2. The number of unbranched alkanes of at least 4 members (excludes halogenated alkanes) is 1. The van der Waals surface area contributed by atoms with E-state index in [0.29, 0.717) is 19.3 Å². The zero-order valence-corrected chi connectivity index (χ0v) is 15.7. The average Bonchev–Trinajstić information content (AvgIpc) is 2.79. The Morgan fingerprint density at radius 3 is 2.46 bits per heavy atom. The van der Waals surface area contributed by atoms with Gasteiger partial charge in [0.1, 0.15) is 11.7 Å². The van der Waals surface area contributed by atoms with E-state index in [1.165, 1.54) is 4.90 Å². The molecule has 3 unspecified atom stereocenters. The fraction of sp³-hybridized carbons (Fsp3) is 0.833. The van der Waals surface area contributed by atoms with Gasteiger partial charge in [0, 0.05) is 5.92 Å². The van der Waals surface area contributed by atoms with E-state index in [4.69, 9.17) is 9.47 Å². The van der Waals surface area contributed by atoms with Crippen LogP contribution in [0.25, 0.3) is 0 Å². The van der Waals surface area contributed by atoms with Crippen LogP contribution in [0, 0.1) is 11.8 Å². The van der Waals surface area contributed by atoms with Crippen molar-refractivity contribution in [3.8, 4) is 0 Å². The maximum Gasteiger partial charge on any atom is 0.417 e. The molecule has 24 heavy (non-hydrogen) atoms. The standard InChI is InChI=1S/C18H31NO5/c1-7-8-9-15(23-11-20)14-10-13(12(2)3)16(21)19(14)17(22)24-18(4,5)6/h11-15H,7-10H2,1-6H3. The number of hydrogen-bond donors (Lipinski definition) is 0. The zero-order chi connectivity index (χ0) is 18.5. The smallest absolute Gasteiger partial charge is 0.417 e. The van der Waals surface area contributed by atoms with Crippen LogP contribution < -0.4 is 0 Å². The minimum absolute atomic E-state index is 0.107. The van der Waals surface area contributed by atoms with Gasteiger partial charge in [-0.05, 0) is 46.0 Å². The van der Waals surface area contributed by atoms with Crippen LogP contribution >= 0.6 is 0 Å². The molecule has 1 aliphatic heterocycles. The van der Waals surface area contributed by atoms with E-state index < -0.39 is 23.8 Å². The molecule has 0 N–H and O–H groups in total. The van der Waals surface area contributed by atoms with Crippen molar-refractivity contribution in [1.82, 2.24) is 4.90 Å². The van der Waals surface area contributed by atoms with E-state index in [9.17, 15) is 14.4 Å². The van der Waals surface area contributed by atoms with Crippen molar-refractivity contribution in [2.75, 3.05) is 0 Å². The maximum atomic E-state index is 12.7. The lowest BCUT2D eigenvalue weighted by Gasteiger charge is -2.31. The van der Waals surface area contributed by atoms with Crippen LogP contribution in [0.4, 0.5) is 4.79 Å². The molecular formula is C18H31NO5. The second-order valence-corrected chi connectivity index (χ2v) is 7.76. The van der Waals surface area contributed by atoms with E-state index in [1.54, 1.807) is 20.8 Å². The SMILES string of the molecule is CCCCC(OC=O)C1CC(C(C)C)C(=O)N1C(=O)OC(C)(C)C. The molecule has 0 aliphatic carbocycles. The largest absolute Gasteiger partial charge is 0.462 e. The van der Waals surface area contributed by atoms with Gasteiger partial charge in [0.2, 0.25) is 5.91 Å². The lowest BCUT2D eigenvalue weighted by atomic mass is 9.90. The Morgan fingerprint density at radius 2 is 2.00 bits per heavy atom. The number of nitrogens with zero attached hydrogens (tertiary/aromatic N) is 1. The van der Waals surface area contributed by atoms with Crippen LogP contribution in [-0.4, -0.2) is 41.1 Å². The molecule has 1 aliphatic rings. The maximum absolute atomic E-state index is 12.7. The normalized spacial score (nSPS) is 22.6. The van der Waals surface area contributed by atoms with Gasteiger partial charge >= 0.3 is 6.09 Å². The van der Waals surface area contributed by atoms with Crippen LogP contribution in [0.1, 0.15) is 67.2 Å². The number of likely N-dealkylation sites (tertiary alicyclic amines) is 1. The molecule has 0 spiro atoms. The van der Waals surface area contributed by atoms with E-state index in [1.807, 2.05) is 20.8 Å². The van der Waals surface area contributed by atoms with Gasteiger partial charge in [-0.25, -0.2) is 9.69 Å². The molecule has 0 aromatic rings. The quantitative estimate of drug-likeness (QED) is 0.662. The summed E-state index contributed by atoms with van der Waals surface area (Å²) in [6.45, 7) is 11.6. The van der Waals surface area contributed by atoms with Gasteiger partial charge in [-0.2, -0.15) is 0 Å². The molecule has 138 valence electrons. The lowest BCUT2D eigenvalue weighted by Crippen LogP contribution is -2.48. The van der Waals surface area contributed by atoms with Gasteiger partial charge in [-0.15, -0.1) is 0 Å². The highest BCUT2D eigenvalue weighted by molar-refractivity contribution is 5.96. The minimum atomic E-state index is -0.692. The summed E-state index contributed by atoms with van der Waals surface area (Å²) < 4.78 is 10.6. The van der Waals surface area contributed by atoms with Crippen molar-refractivity contribution in [3.05, 3.63) is 0 Å². The highest BCUT2D eigenvalue weighted by Gasteiger charge is 2.49. The number of hydrogen-bond acceptors (Lipinski definition) is 5. The van der Waals surface area contributed by atoms with Gasteiger partial charge in [0.05, 0.1) is 6.04 Å². The molecule has 0 bridgehead atoms. The van der Waals surface area contributed by atoms with Crippen LogP contribution in [0.3, 0.4) is 0 Å². The summed E-state index contributed by atoms with van der Waals surface area (Å²) in [6.07, 6.45) is 1.78. The van der Waals surface area contributed by atoms with Gasteiger partial charge < -0.3 is 9.47 Å². The molecule has 0 aromatic heterocycles. The molecule has 0 aromatic carbocycles. The monoisotopic (exact) mass is 341 g/mol. The first kappa shape index (κ1) is 20.5. The molecule has 0 saturated carbocycles. The summed E-state index contributed by atoms with van der Waals surface area (Å²) in [6, 6.07) is -0.462. The summed E-state index contributed by atoms with van der Waals surface area (Å²) >= 11 is 0. The van der Waals surface area contributed by atoms with Crippen LogP contribution in [0.5, 0.6) is 0 Å². The summed E-state index contributed by atoms with van der Waals surface area (Å²) in [4.78, 5) is 37.4. The predicted molar refractivity (Wildman–Crippen MR) is 90.3 cm³/mol. The second kappa shape index (κ2) is 8.49. The molecule has 1 rings (SSSR count). The van der Waals surface area contributed by atoms with Crippen molar-refractivity contribution in [3.63, 3.8) is 0 Å². The number of carbonyl (C=O) groups is 3. The van der Waals surface area contributed by atoms with Gasteiger partial charge in [-0.1, -0.05) is 27.2 Å². The third-order valence-corrected chi connectivity index (χ3v) is 4.28. The van der Waals surface area contributed by atoms with Gasteiger partial charge in [0.25, 0.3) is 6.47 Å². The fourth-order valence-corrected chi connectivity index (χ4v) is 3.05. The van der Waals surface area contributed by atoms with E-state index in [2.05, 4.69) is 0 Å². The average molecular weight is 341 g/mol. The Kier molecular flexibility index (Phi) is 7.24. The van der Waals surface area contributed by atoms with E-state index >= 15 is 0 Å². The summed E-state index contributed by atoms with van der Waals surface area (Å²) in [5.74, 6) is -0.391. The van der Waals surface area contributed by atoms with Crippen molar-refractivity contribution >= 4 is 18.5 Å².